The topological polar surface area (TPSA) is 66.4 Å². The Morgan fingerprint density at radius 3 is 1.77 bits per heavy atom. The van der Waals surface area contributed by atoms with Crippen LogP contribution in [-0.2, 0) is 15.1 Å². The highest BCUT2D eigenvalue weighted by Crippen LogP contribution is 2.29. The third-order valence-corrected chi connectivity index (χ3v) is 3.66. The monoisotopic (exact) mass is 297 g/mol. The summed E-state index contributed by atoms with van der Waals surface area (Å²) in [4.78, 5) is 22.8. The van der Waals surface area contributed by atoms with E-state index < -0.39 is 11.5 Å². The average molecular weight is 297 g/mol. The third kappa shape index (κ3) is 3.73. The van der Waals surface area contributed by atoms with E-state index in [0.29, 0.717) is 0 Å². The molecule has 0 atom stereocenters. The molecule has 0 saturated heterocycles. The number of benzene rings is 2. The third-order valence-electron chi connectivity index (χ3n) is 3.66. The Hall–Kier alpha value is -2.62. The molecule has 0 fully saturated rings. The van der Waals surface area contributed by atoms with Gasteiger partial charge in [-0.3, -0.25) is 9.59 Å². The van der Waals surface area contributed by atoms with Crippen LogP contribution in [-0.4, -0.2) is 17.0 Å². The van der Waals surface area contributed by atoms with E-state index in [1.165, 1.54) is 0 Å². The van der Waals surface area contributed by atoms with Gasteiger partial charge in [-0.25, -0.2) is 0 Å². The van der Waals surface area contributed by atoms with Crippen LogP contribution in [0, 0.1) is 0 Å². The van der Waals surface area contributed by atoms with E-state index in [9.17, 15) is 9.59 Å². The standard InChI is InChI=1S/C18H19NO3/c1-18(14-8-4-2-5-9-14,15-10-6-3-7-11-15)19-16(20)12-13-17(21)22/h2-11H,12-13H2,1H3,(H,19,20)(H,21,22). The second-order valence-electron chi connectivity index (χ2n) is 5.30. The zero-order valence-electron chi connectivity index (χ0n) is 12.5. The number of carboxylic acids is 1. The fourth-order valence-corrected chi connectivity index (χ4v) is 2.42. The lowest BCUT2D eigenvalue weighted by Gasteiger charge is -2.32. The Kier molecular flexibility index (Phi) is 4.94. The summed E-state index contributed by atoms with van der Waals surface area (Å²) in [5.74, 6) is -1.26. The van der Waals surface area contributed by atoms with Gasteiger partial charge in [0.25, 0.3) is 0 Å². The van der Waals surface area contributed by atoms with E-state index in [1.807, 2.05) is 67.6 Å². The zero-order valence-corrected chi connectivity index (χ0v) is 12.5. The Balaban J connectivity index is 2.31. The molecule has 2 aromatic carbocycles. The molecule has 0 saturated carbocycles. The van der Waals surface area contributed by atoms with Gasteiger partial charge in [0.05, 0.1) is 12.0 Å². The van der Waals surface area contributed by atoms with Crippen molar-refractivity contribution < 1.29 is 14.7 Å². The van der Waals surface area contributed by atoms with Crippen LogP contribution in [0.3, 0.4) is 0 Å². The molecular formula is C18H19NO3. The van der Waals surface area contributed by atoms with E-state index in [0.717, 1.165) is 11.1 Å². The minimum absolute atomic E-state index is 0.0371. The van der Waals surface area contributed by atoms with E-state index in [2.05, 4.69) is 5.32 Å². The second kappa shape index (κ2) is 6.89. The van der Waals surface area contributed by atoms with Gasteiger partial charge in [-0.2, -0.15) is 0 Å². The Labute approximate surface area is 129 Å². The van der Waals surface area contributed by atoms with Gasteiger partial charge in [0, 0.05) is 6.42 Å². The molecule has 0 aliphatic carbocycles. The van der Waals surface area contributed by atoms with Gasteiger partial charge >= 0.3 is 5.97 Å². The molecule has 4 nitrogen and oxygen atoms in total. The van der Waals surface area contributed by atoms with Crippen LogP contribution in [0.5, 0.6) is 0 Å². The number of amides is 1. The lowest BCUT2D eigenvalue weighted by molar-refractivity contribution is -0.139. The van der Waals surface area contributed by atoms with Gasteiger partial charge in [0.15, 0.2) is 0 Å². The largest absolute Gasteiger partial charge is 0.481 e. The maximum atomic E-state index is 12.1. The number of aliphatic carboxylic acids is 1. The van der Waals surface area contributed by atoms with E-state index in [1.54, 1.807) is 0 Å². The molecule has 0 aliphatic rings. The van der Waals surface area contributed by atoms with Crippen molar-refractivity contribution in [3.63, 3.8) is 0 Å². The van der Waals surface area contributed by atoms with Gasteiger partial charge in [0.1, 0.15) is 0 Å². The summed E-state index contributed by atoms with van der Waals surface area (Å²) in [5, 5.41) is 11.7. The van der Waals surface area contributed by atoms with Crippen molar-refractivity contribution in [2.24, 2.45) is 0 Å². The van der Waals surface area contributed by atoms with Crippen LogP contribution in [0.1, 0.15) is 30.9 Å². The SMILES string of the molecule is CC(NC(=O)CCC(=O)O)(c1ccccc1)c1ccccc1. The molecule has 4 heteroatoms. The summed E-state index contributed by atoms with van der Waals surface area (Å²) in [7, 11) is 0. The first-order valence-electron chi connectivity index (χ1n) is 7.16. The lowest BCUT2D eigenvalue weighted by atomic mass is 9.84. The summed E-state index contributed by atoms with van der Waals surface area (Å²) in [6, 6.07) is 19.3. The molecule has 0 spiro atoms. The summed E-state index contributed by atoms with van der Waals surface area (Å²) in [6.45, 7) is 1.93. The van der Waals surface area contributed by atoms with E-state index >= 15 is 0 Å². The first kappa shape index (κ1) is 15.8. The van der Waals surface area contributed by atoms with Gasteiger partial charge < -0.3 is 10.4 Å². The summed E-state index contributed by atoms with van der Waals surface area (Å²) < 4.78 is 0. The number of carbonyl (C=O) groups is 2. The summed E-state index contributed by atoms with van der Waals surface area (Å²) in [6.07, 6.45) is -0.212. The molecule has 0 aliphatic heterocycles. The van der Waals surface area contributed by atoms with Crippen LogP contribution < -0.4 is 5.32 Å². The van der Waals surface area contributed by atoms with Gasteiger partial charge in [-0.1, -0.05) is 60.7 Å². The highest BCUT2D eigenvalue weighted by Gasteiger charge is 2.30. The number of carbonyl (C=O) groups excluding carboxylic acids is 1. The Bertz CT molecular complexity index is 598. The predicted molar refractivity (Wildman–Crippen MR) is 84.4 cm³/mol. The molecule has 0 heterocycles. The van der Waals surface area contributed by atoms with Crippen LogP contribution >= 0.6 is 0 Å². The number of hydrogen-bond acceptors (Lipinski definition) is 2. The number of nitrogens with one attached hydrogen (secondary N) is 1. The Morgan fingerprint density at radius 2 is 1.36 bits per heavy atom. The Morgan fingerprint density at radius 1 is 0.909 bits per heavy atom. The molecule has 2 rings (SSSR count). The van der Waals surface area contributed by atoms with E-state index in [4.69, 9.17) is 5.11 Å². The van der Waals surface area contributed by atoms with Crippen molar-refractivity contribution in [1.29, 1.82) is 0 Å². The molecule has 0 unspecified atom stereocenters. The molecule has 0 radical (unpaired) electrons. The van der Waals surface area contributed by atoms with Crippen LogP contribution in [0.15, 0.2) is 60.7 Å². The van der Waals surface area contributed by atoms with Crippen LogP contribution in [0.25, 0.3) is 0 Å². The first-order valence-corrected chi connectivity index (χ1v) is 7.16. The highest BCUT2D eigenvalue weighted by atomic mass is 16.4. The zero-order chi connectivity index (χ0) is 16.0. The molecular weight excluding hydrogens is 278 g/mol. The van der Waals surface area contributed by atoms with Gasteiger partial charge in [0.2, 0.25) is 5.91 Å². The van der Waals surface area contributed by atoms with E-state index in [-0.39, 0.29) is 18.7 Å². The quantitative estimate of drug-likeness (QED) is 0.861. The highest BCUT2D eigenvalue weighted by molar-refractivity contribution is 5.81. The smallest absolute Gasteiger partial charge is 0.303 e. The molecule has 0 aromatic heterocycles. The predicted octanol–water partition coefficient (Wildman–Crippen LogP) is 2.93. The lowest BCUT2D eigenvalue weighted by Crippen LogP contribution is -2.44. The average Bonchev–Trinajstić information content (AvgIpc) is 2.54. The van der Waals surface area contributed by atoms with Crippen molar-refractivity contribution in [1.82, 2.24) is 5.32 Å². The molecule has 1 amide bonds. The summed E-state index contributed by atoms with van der Waals surface area (Å²) >= 11 is 0. The fraction of sp³-hybridized carbons (Fsp3) is 0.222. The minimum atomic E-state index is -0.976. The van der Waals surface area contributed by atoms with Crippen LogP contribution in [0.4, 0.5) is 0 Å². The number of carboxylic acid groups (broad SMARTS) is 1. The first-order chi connectivity index (χ1) is 10.5. The van der Waals surface area contributed by atoms with Gasteiger partial charge in [-0.05, 0) is 18.1 Å². The minimum Gasteiger partial charge on any atom is -0.481 e. The van der Waals surface area contributed by atoms with Crippen molar-refractivity contribution >= 4 is 11.9 Å². The second-order valence-corrected chi connectivity index (χ2v) is 5.30. The normalized spacial score (nSPS) is 11.0. The fourth-order valence-electron chi connectivity index (χ4n) is 2.42. The number of rotatable bonds is 6. The maximum Gasteiger partial charge on any atom is 0.303 e. The van der Waals surface area contributed by atoms with Crippen molar-refractivity contribution in [3.05, 3.63) is 71.8 Å². The number of hydrogen-bond donors (Lipinski definition) is 2. The molecule has 22 heavy (non-hydrogen) atoms. The maximum absolute atomic E-state index is 12.1. The van der Waals surface area contributed by atoms with Gasteiger partial charge in [-0.15, -0.1) is 0 Å². The molecule has 114 valence electrons. The molecule has 2 aromatic rings. The molecule has 2 N–H and O–H groups in total. The molecule has 0 bridgehead atoms. The van der Waals surface area contributed by atoms with Crippen molar-refractivity contribution in [2.45, 2.75) is 25.3 Å². The van der Waals surface area contributed by atoms with Crippen molar-refractivity contribution in [2.75, 3.05) is 0 Å². The van der Waals surface area contributed by atoms with Crippen LogP contribution in [0.2, 0.25) is 0 Å². The summed E-state index contributed by atoms with van der Waals surface area (Å²) in [5.41, 5.74) is 1.20. The van der Waals surface area contributed by atoms with Crippen molar-refractivity contribution in [3.8, 4) is 0 Å².